The van der Waals surface area contributed by atoms with Gasteiger partial charge in [-0.05, 0) is 48.6 Å². The second-order valence-corrected chi connectivity index (χ2v) is 9.79. The van der Waals surface area contributed by atoms with E-state index in [0.29, 0.717) is 18.9 Å². The van der Waals surface area contributed by atoms with E-state index < -0.39 is 16.0 Å². The molecule has 3 aromatic rings. The van der Waals surface area contributed by atoms with Crippen molar-refractivity contribution in [3.8, 4) is 10.7 Å². The third-order valence-electron chi connectivity index (χ3n) is 4.83. The molecule has 0 atom stereocenters. The van der Waals surface area contributed by atoms with Gasteiger partial charge in [0.2, 0.25) is 15.8 Å². The van der Waals surface area contributed by atoms with Crippen LogP contribution in [0, 0.1) is 0 Å². The topological polar surface area (TPSA) is 103 Å². The summed E-state index contributed by atoms with van der Waals surface area (Å²) in [5.41, 5.74) is 0.253. The molecule has 8 nitrogen and oxygen atoms in total. The Bertz CT molecular complexity index is 1080. The third kappa shape index (κ3) is 4.61. The van der Waals surface area contributed by atoms with Gasteiger partial charge in [0, 0.05) is 13.1 Å². The van der Waals surface area contributed by atoms with E-state index >= 15 is 0 Å². The second kappa shape index (κ2) is 9.07. The molecule has 0 spiro atoms. The van der Waals surface area contributed by atoms with Crippen LogP contribution in [0.1, 0.15) is 41.9 Å². The quantitative estimate of drug-likeness (QED) is 0.531. The highest BCUT2D eigenvalue weighted by atomic mass is 32.2. The Balaban J connectivity index is 1.38. The molecule has 0 N–H and O–H groups in total. The van der Waals surface area contributed by atoms with Gasteiger partial charge in [0.1, 0.15) is 0 Å². The number of ether oxygens (including phenoxy) is 1. The van der Waals surface area contributed by atoms with Gasteiger partial charge in [-0.3, -0.25) is 0 Å². The molecule has 1 saturated heterocycles. The van der Waals surface area contributed by atoms with Crippen LogP contribution in [0.25, 0.3) is 10.7 Å². The second-order valence-electron chi connectivity index (χ2n) is 6.91. The van der Waals surface area contributed by atoms with Gasteiger partial charge < -0.3 is 9.26 Å². The maximum absolute atomic E-state index is 12.8. The van der Waals surface area contributed by atoms with Crippen LogP contribution in [0.4, 0.5) is 0 Å². The molecule has 1 fully saturated rings. The first-order chi connectivity index (χ1) is 14.5. The summed E-state index contributed by atoms with van der Waals surface area (Å²) < 4.78 is 37.5. The van der Waals surface area contributed by atoms with Crippen LogP contribution < -0.4 is 0 Å². The fraction of sp³-hybridized carbons (Fsp3) is 0.350. The summed E-state index contributed by atoms with van der Waals surface area (Å²) in [5, 5.41) is 5.77. The van der Waals surface area contributed by atoms with Gasteiger partial charge in [-0.2, -0.15) is 9.29 Å². The van der Waals surface area contributed by atoms with Crippen molar-refractivity contribution in [2.75, 3.05) is 13.1 Å². The zero-order chi connectivity index (χ0) is 21.0. The van der Waals surface area contributed by atoms with Gasteiger partial charge in [-0.1, -0.05) is 24.1 Å². The molecule has 10 heteroatoms. The lowest BCUT2D eigenvalue weighted by Crippen LogP contribution is -2.31. The molecule has 0 unspecified atom stereocenters. The molecule has 0 saturated carbocycles. The molecule has 0 radical (unpaired) electrons. The highest BCUT2D eigenvalue weighted by Crippen LogP contribution is 2.22. The average molecular weight is 448 g/mol. The smallest absolute Gasteiger partial charge is 0.338 e. The lowest BCUT2D eigenvalue weighted by molar-refractivity contribution is 0.0429. The molecular weight excluding hydrogens is 426 g/mol. The van der Waals surface area contributed by atoms with E-state index in [1.54, 1.807) is 0 Å². The number of thiophene rings is 1. The first-order valence-electron chi connectivity index (χ1n) is 9.68. The zero-order valence-corrected chi connectivity index (χ0v) is 17.8. The van der Waals surface area contributed by atoms with E-state index in [2.05, 4.69) is 10.1 Å². The summed E-state index contributed by atoms with van der Waals surface area (Å²) >= 11 is 1.48. The van der Waals surface area contributed by atoms with E-state index in [9.17, 15) is 13.2 Å². The van der Waals surface area contributed by atoms with Crippen LogP contribution in [0.2, 0.25) is 0 Å². The van der Waals surface area contributed by atoms with Crippen molar-refractivity contribution in [1.82, 2.24) is 14.4 Å². The van der Waals surface area contributed by atoms with Gasteiger partial charge in [0.15, 0.2) is 6.61 Å². The Kier molecular flexibility index (Phi) is 6.26. The first-order valence-corrected chi connectivity index (χ1v) is 12.0. The van der Waals surface area contributed by atoms with E-state index in [1.165, 1.54) is 39.9 Å². The number of hydrogen-bond donors (Lipinski definition) is 0. The predicted molar refractivity (Wildman–Crippen MR) is 110 cm³/mol. The van der Waals surface area contributed by atoms with Crippen LogP contribution in [0.3, 0.4) is 0 Å². The predicted octanol–water partition coefficient (Wildman–Crippen LogP) is 3.72. The number of rotatable bonds is 6. The maximum atomic E-state index is 12.8. The van der Waals surface area contributed by atoms with Gasteiger partial charge in [-0.25, -0.2) is 13.2 Å². The Hall–Kier alpha value is -2.56. The van der Waals surface area contributed by atoms with E-state index in [1.807, 2.05) is 17.5 Å². The number of hydrogen-bond acceptors (Lipinski definition) is 8. The van der Waals surface area contributed by atoms with Crippen molar-refractivity contribution < 1.29 is 22.5 Å². The summed E-state index contributed by atoms with van der Waals surface area (Å²) in [6.45, 7) is 0.901. The average Bonchev–Trinajstić information content (AvgIpc) is 3.38. The molecule has 158 valence electrons. The number of benzene rings is 1. The molecule has 30 heavy (non-hydrogen) atoms. The summed E-state index contributed by atoms with van der Waals surface area (Å²) in [5.74, 6) is 0.0378. The molecule has 1 aliphatic rings. The first kappa shape index (κ1) is 20.7. The van der Waals surface area contributed by atoms with Crippen molar-refractivity contribution in [2.45, 2.75) is 37.2 Å². The Labute approximate surface area is 178 Å². The van der Waals surface area contributed by atoms with Gasteiger partial charge in [-0.15, -0.1) is 11.3 Å². The lowest BCUT2D eigenvalue weighted by atomic mass is 10.2. The largest absolute Gasteiger partial charge is 0.452 e. The fourth-order valence-electron chi connectivity index (χ4n) is 3.22. The number of carbonyl (C=O) groups excluding carboxylic acids is 1. The minimum absolute atomic E-state index is 0.162. The molecule has 1 aliphatic heterocycles. The molecule has 1 aromatic carbocycles. The monoisotopic (exact) mass is 447 g/mol. The lowest BCUT2D eigenvalue weighted by Gasteiger charge is -2.19. The van der Waals surface area contributed by atoms with Crippen molar-refractivity contribution in [3.05, 3.63) is 53.2 Å². The summed E-state index contributed by atoms with van der Waals surface area (Å²) in [6, 6.07) is 9.55. The van der Waals surface area contributed by atoms with Crippen molar-refractivity contribution >= 4 is 27.3 Å². The van der Waals surface area contributed by atoms with E-state index in [-0.39, 0.29) is 23.0 Å². The Morgan fingerprint density at radius 1 is 1.10 bits per heavy atom. The van der Waals surface area contributed by atoms with Crippen LogP contribution in [-0.4, -0.2) is 41.9 Å². The van der Waals surface area contributed by atoms with E-state index in [4.69, 9.17) is 9.26 Å². The molecular formula is C20H21N3O5S2. The molecule has 0 amide bonds. The van der Waals surface area contributed by atoms with Gasteiger partial charge in [0.05, 0.1) is 15.3 Å². The number of carbonyl (C=O) groups is 1. The van der Waals surface area contributed by atoms with Crippen LogP contribution in [0.5, 0.6) is 0 Å². The molecule has 0 aliphatic carbocycles. The third-order valence-corrected chi connectivity index (χ3v) is 7.61. The number of esters is 1. The standard InChI is InChI=1S/C20H21N3O5S2/c24-20(27-14-18-21-19(22-28-18)17-6-5-13-29-17)15-7-9-16(10-8-15)30(25,26)23-11-3-1-2-4-12-23/h5-10,13H,1-4,11-12,14H2. The minimum atomic E-state index is -3.55. The van der Waals surface area contributed by atoms with Crippen molar-refractivity contribution in [1.29, 1.82) is 0 Å². The Morgan fingerprint density at radius 2 is 1.83 bits per heavy atom. The molecule has 4 rings (SSSR count). The molecule has 0 bridgehead atoms. The number of aromatic nitrogens is 2. The van der Waals surface area contributed by atoms with Gasteiger partial charge in [0.25, 0.3) is 5.89 Å². The van der Waals surface area contributed by atoms with Crippen molar-refractivity contribution in [3.63, 3.8) is 0 Å². The highest BCUT2D eigenvalue weighted by molar-refractivity contribution is 7.89. The molecule has 3 heterocycles. The van der Waals surface area contributed by atoms with Crippen LogP contribution >= 0.6 is 11.3 Å². The maximum Gasteiger partial charge on any atom is 0.338 e. The highest BCUT2D eigenvalue weighted by Gasteiger charge is 2.25. The van der Waals surface area contributed by atoms with Gasteiger partial charge >= 0.3 is 5.97 Å². The van der Waals surface area contributed by atoms with Crippen LogP contribution in [-0.2, 0) is 21.4 Å². The number of sulfonamides is 1. The summed E-state index contributed by atoms with van der Waals surface area (Å²) in [4.78, 5) is 17.5. The zero-order valence-electron chi connectivity index (χ0n) is 16.2. The molecule has 2 aromatic heterocycles. The SMILES string of the molecule is O=C(OCc1nc(-c2cccs2)no1)c1ccc(S(=O)(=O)N2CCCCCC2)cc1. The van der Waals surface area contributed by atoms with E-state index in [0.717, 1.165) is 30.6 Å². The van der Waals surface area contributed by atoms with Crippen LogP contribution in [0.15, 0.2) is 51.2 Å². The number of nitrogens with zero attached hydrogens (tertiary/aromatic N) is 3. The Morgan fingerprint density at radius 3 is 2.50 bits per heavy atom. The van der Waals surface area contributed by atoms with Crippen molar-refractivity contribution in [2.24, 2.45) is 0 Å². The normalized spacial score (nSPS) is 15.6. The summed E-state index contributed by atoms with van der Waals surface area (Å²) in [6.07, 6.45) is 3.83. The fourth-order valence-corrected chi connectivity index (χ4v) is 5.39. The summed E-state index contributed by atoms with van der Waals surface area (Å²) in [7, 11) is -3.55. The minimum Gasteiger partial charge on any atom is -0.452 e.